The van der Waals surface area contributed by atoms with Gasteiger partial charge < -0.3 is 9.88 Å². The molecular weight excluding hydrogens is 335 g/mol. The van der Waals surface area contributed by atoms with E-state index in [1.165, 1.54) is 18.3 Å². The lowest BCUT2D eigenvalue weighted by molar-refractivity contribution is 0.102. The Bertz CT molecular complexity index is 1050. The highest BCUT2D eigenvalue weighted by Crippen LogP contribution is 2.21. The van der Waals surface area contributed by atoms with E-state index in [0.717, 1.165) is 0 Å². The van der Waals surface area contributed by atoms with Crippen LogP contribution in [0.5, 0.6) is 0 Å². The molecule has 0 aliphatic rings. The molecular formula is C18H15FN6O. The summed E-state index contributed by atoms with van der Waals surface area (Å²) in [6.45, 7) is 0. The lowest BCUT2D eigenvalue weighted by Gasteiger charge is -2.10. The van der Waals surface area contributed by atoms with Crippen LogP contribution in [0.2, 0.25) is 0 Å². The van der Waals surface area contributed by atoms with Crippen molar-refractivity contribution in [2.24, 2.45) is 7.05 Å². The second-order valence-corrected chi connectivity index (χ2v) is 5.69. The molecule has 0 spiro atoms. The lowest BCUT2D eigenvalue weighted by atomic mass is 10.2. The van der Waals surface area contributed by atoms with E-state index in [0.29, 0.717) is 22.9 Å². The average Bonchev–Trinajstić information content (AvgIpc) is 3.35. The number of halogens is 1. The summed E-state index contributed by atoms with van der Waals surface area (Å²) < 4.78 is 18.2. The first-order chi connectivity index (χ1) is 12.6. The first-order valence-corrected chi connectivity index (χ1v) is 7.90. The van der Waals surface area contributed by atoms with Crippen LogP contribution in [0, 0.1) is 5.82 Å². The third-order valence-corrected chi connectivity index (χ3v) is 3.86. The van der Waals surface area contributed by atoms with E-state index >= 15 is 0 Å². The number of nitrogens with zero attached hydrogens (tertiary/aromatic N) is 5. The number of benzene rings is 1. The maximum atomic E-state index is 13.2. The number of aryl methyl sites for hydroxylation is 1. The molecule has 4 aromatic rings. The van der Waals surface area contributed by atoms with Gasteiger partial charge in [-0.1, -0.05) is 0 Å². The summed E-state index contributed by atoms with van der Waals surface area (Å²) in [6, 6.07) is 11.3. The minimum absolute atomic E-state index is 0.333. The van der Waals surface area contributed by atoms with Gasteiger partial charge in [0.25, 0.3) is 5.91 Å². The summed E-state index contributed by atoms with van der Waals surface area (Å²) in [6.07, 6.45) is 6.85. The highest BCUT2D eigenvalue weighted by atomic mass is 19.1. The fraction of sp³-hybridized carbons (Fsp3) is 0.0556. The van der Waals surface area contributed by atoms with Crippen LogP contribution in [0.15, 0.2) is 67.3 Å². The summed E-state index contributed by atoms with van der Waals surface area (Å²) >= 11 is 0. The minimum atomic E-state index is -0.337. The first kappa shape index (κ1) is 15.8. The Kier molecular flexibility index (Phi) is 3.85. The molecule has 0 atom stereocenters. The van der Waals surface area contributed by atoms with Crippen molar-refractivity contribution in [3.63, 3.8) is 0 Å². The Morgan fingerprint density at radius 2 is 1.81 bits per heavy atom. The minimum Gasteiger partial charge on any atom is -0.308 e. The van der Waals surface area contributed by atoms with Crippen LogP contribution in [-0.4, -0.2) is 30.0 Å². The first-order valence-electron chi connectivity index (χ1n) is 7.90. The summed E-state index contributed by atoms with van der Waals surface area (Å²) in [5.74, 6) is 0.331. The van der Waals surface area contributed by atoms with Gasteiger partial charge in [0.1, 0.15) is 11.4 Å². The SMILES string of the molecule is Cn1ccc(NC(=O)c2cnn(-c3ccc(F)cc3)c2-n2cccc2)n1. The molecule has 0 saturated heterocycles. The predicted octanol–water partition coefficient (Wildman–Crippen LogP) is 2.79. The maximum absolute atomic E-state index is 13.2. The number of carbonyl (C=O) groups excluding carboxylic acids is 1. The van der Waals surface area contributed by atoms with Gasteiger partial charge in [0, 0.05) is 31.7 Å². The zero-order valence-corrected chi connectivity index (χ0v) is 13.9. The molecule has 1 aromatic carbocycles. The van der Waals surface area contributed by atoms with Crippen LogP contribution >= 0.6 is 0 Å². The molecule has 130 valence electrons. The Morgan fingerprint density at radius 1 is 1.08 bits per heavy atom. The zero-order valence-electron chi connectivity index (χ0n) is 13.9. The van der Waals surface area contributed by atoms with Crippen LogP contribution in [-0.2, 0) is 7.05 Å². The molecule has 0 radical (unpaired) electrons. The molecule has 0 unspecified atom stereocenters. The summed E-state index contributed by atoms with van der Waals surface area (Å²) in [5, 5.41) is 11.2. The average molecular weight is 350 g/mol. The molecule has 3 aromatic heterocycles. The van der Waals surface area contributed by atoms with Crippen LogP contribution in [0.4, 0.5) is 10.2 Å². The van der Waals surface area contributed by atoms with Crippen molar-refractivity contribution < 1.29 is 9.18 Å². The van der Waals surface area contributed by atoms with Gasteiger partial charge in [0.05, 0.1) is 11.9 Å². The van der Waals surface area contributed by atoms with Gasteiger partial charge in [0.2, 0.25) is 0 Å². The Morgan fingerprint density at radius 3 is 2.46 bits per heavy atom. The van der Waals surface area contributed by atoms with E-state index in [2.05, 4.69) is 15.5 Å². The number of rotatable bonds is 4. The Hall–Kier alpha value is -3.68. The number of hydrogen-bond donors (Lipinski definition) is 1. The molecule has 3 heterocycles. The van der Waals surface area contributed by atoms with Gasteiger partial charge >= 0.3 is 0 Å². The molecule has 4 rings (SSSR count). The number of carbonyl (C=O) groups is 1. The standard InChI is InChI=1S/C18H15FN6O/c1-23-11-8-16(22-23)21-17(26)15-12-20-25(14-6-4-13(19)5-7-14)18(15)24-9-2-3-10-24/h2-12H,1H3,(H,21,22,26). The van der Waals surface area contributed by atoms with Crippen LogP contribution in [0.1, 0.15) is 10.4 Å². The van der Waals surface area contributed by atoms with Crippen LogP contribution < -0.4 is 5.32 Å². The number of nitrogens with one attached hydrogen (secondary N) is 1. The third kappa shape index (κ3) is 2.88. The second kappa shape index (κ2) is 6.32. The number of anilines is 1. The molecule has 1 N–H and O–H groups in total. The summed E-state index contributed by atoms with van der Waals surface area (Å²) in [5.41, 5.74) is 1.02. The fourth-order valence-corrected chi connectivity index (χ4v) is 2.66. The van der Waals surface area contributed by atoms with E-state index < -0.39 is 0 Å². The summed E-state index contributed by atoms with van der Waals surface area (Å²) in [7, 11) is 1.77. The van der Waals surface area contributed by atoms with Crippen molar-refractivity contribution in [2.75, 3.05) is 5.32 Å². The molecule has 26 heavy (non-hydrogen) atoms. The Labute approximate surface area is 148 Å². The van der Waals surface area contributed by atoms with Gasteiger partial charge in [-0.2, -0.15) is 10.2 Å². The van der Waals surface area contributed by atoms with E-state index in [9.17, 15) is 9.18 Å². The molecule has 1 amide bonds. The van der Waals surface area contributed by atoms with E-state index in [4.69, 9.17) is 0 Å². The molecule has 0 fully saturated rings. The largest absolute Gasteiger partial charge is 0.308 e. The normalized spacial score (nSPS) is 10.8. The van der Waals surface area contributed by atoms with E-state index in [-0.39, 0.29) is 11.7 Å². The van der Waals surface area contributed by atoms with Crippen molar-refractivity contribution in [2.45, 2.75) is 0 Å². The topological polar surface area (TPSA) is 69.7 Å². The van der Waals surface area contributed by atoms with Crippen molar-refractivity contribution in [3.8, 4) is 11.5 Å². The van der Waals surface area contributed by atoms with Gasteiger partial charge in [-0.15, -0.1) is 0 Å². The molecule has 7 nitrogen and oxygen atoms in total. The number of aromatic nitrogens is 5. The van der Waals surface area contributed by atoms with E-state index in [1.807, 2.05) is 24.5 Å². The molecule has 0 aliphatic heterocycles. The second-order valence-electron chi connectivity index (χ2n) is 5.69. The molecule has 0 aliphatic carbocycles. The number of amides is 1. The quantitative estimate of drug-likeness (QED) is 0.615. The van der Waals surface area contributed by atoms with Crippen LogP contribution in [0.25, 0.3) is 11.5 Å². The zero-order chi connectivity index (χ0) is 18.1. The lowest BCUT2D eigenvalue weighted by Crippen LogP contribution is -2.15. The predicted molar refractivity (Wildman–Crippen MR) is 94.0 cm³/mol. The molecule has 8 heteroatoms. The van der Waals surface area contributed by atoms with Crippen molar-refractivity contribution in [1.82, 2.24) is 24.1 Å². The smallest absolute Gasteiger partial charge is 0.262 e. The van der Waals surface area contributed by atoms with E-state index in [1.54, 1.807) is 45.4 Å². The Balaban J connectivity index is 1.77. The maximum Gasteiger partial charge on any atom is 0.262 e. The summed E-state index contributed by atoms with van der Waals surface area (Å²) in [4.78, 5) is 12.8. The fourth-order valence-electron chi connectivity index (χ4n) is 2.66. The third-order valence-electron chi connectivity index (χ3n) is 3.86. The van der Waals surface area contributed by atoms with Crippen molar-refractivity contribution >= 4 is 11.7 Å². The highest BCUT2D eigenvalue weighted by molar-refractivity contribution is 6.06. The molecule has 0 saturated carbocycles. The van der Waals surface area contributed by atoms with Gasteiger partial charge in [-0.3, -0.25) is 9.48 Å². The monoisotopic (exact) mass is 350 g/mol. The molecule has 0 bridgehead atoms. The van der Waals surface area contributed by atoms with Gasteiger partial charge in [-0.25, -0.2) is 9.07 Å². The van der Waals surface area contributed by atoms with Crippen molar-refractivity contribution in [1.29, 1.82) is 0 Å². The van der Waals surface area contributed by atoms with Gasteiger partial charge in [-0.05, 0) is 36.4 Å². The van der Waals surface area contributed by atoms with Gasteiger partial charge in [0.15, 0.2) is 11.6 Å². The number of hydrogen-bond acceptors (Lipinski definition) is 3. The van der Waals surface area contributed by atoms with Crippen molar-refractivity contribution in [3.05, 3.63) is 78.6 Å². The van der Waals surface area contributed by atoms with Crippen LogP contribution in [0.3, 0.4) is 0 Å². The highest BCUT2D eigenvalue weighted by Gasteiger charge is 2.20.